The Bertz CT molecular complexity index is 1040. The van der Waals surface area contributed by atoms with Crippen LogP contribution in [0.1, 0.15) is 43.4 Å². The van der Waals surface area contributed by atoms with E-state index in [0.29, 0.717) is 17.8 Å². The van der Waals surface area contributed by atoms with Crippen molar-refractivity contribution >= 4 is 28.8 Å². The molecular weight excluding hydrogens is 438 g/mol. The maximum atomic E-state index is 13.1. The fourth-order valence-electron chi connectivity index (χ4n) is 4.26. The molecular formula is C25H29N3O4S. The zero-order valence-corrected chi connectivity index (χ0v) is 19.8. The van der Waals surface area contributed by atoms with E-state index < -0.39 is 12.0 Å². The van der Waals surface area contributed by atoms with E-state index in [1.165, 1.54) is 11.8 Å². The number of nitrogens with zero attached hydrogens (tertiary/aromatic N) is 2. The smallest absolute Gasteiger partial charge is 0.338 e. The van der Waals surface area contributed by atoms with Crippen LogP contribution in [0.15, 0.2) is 64.3 Å². The molecule has 3 heterocycles. The average Bonchev–Trinajstić information content (AvgIpc) is 3.45. The van der Waals surface area contributed by atoms with E-state index in [1.807, 2.05) is 42.4 Å². The number of hydrogen-bond donors (Lipinski definition) is 1. The molecule has 4 rings (SSSR count). The molecule has 1 saturated heterocycles. The molecule has 0 saturated carbocycles. The topological polar surface area (TPSA) is 80.2 Å². The van der Waals surface area contributed by atoms with E-state index in [9.17, 15) is 9.59 Å². The first-order chi connectivity index (χ1) is 16.0. The lowest BCUT2D eigenvalue weighted by molar-refractivity contribution is -0.138. The number of aliphatic imine (C=N–C) groups is 1. The highest BCUT2D eigenvalue weighted by Crippen LogP contribution is 2.44. The van der Waals surface area contributed by atoms with Gasteiger partial charge in [-0.25, -0.2) is 9.79 Å². The van der Waals surface area contributed by atoms with Crippen LogP contribution in [-0.2, 0) is 19.1 Å². The van der Waals surface area contributed by atoms with Crippen molar-refractivity contribution in [3.8, 4) is 0 Å². The predicted molar refractivity (Wildman–Crippen MR) is 129 cm³/mol. The number of carbonyl (C=O) groups is 2. The number of allylic oxidation sites excluding steroid dienone is 1. The third-order valence-electron chi connectivity index (χ3n) is 5.80. The van der Waals surface area contributed by atoms with Crippen molar-refractivity contribution in [2.75, 3.05) is 19.8 Å². The number of esters is 1. The second-order valence-electron chi connectivity index (χ2n) is 8.31. The number of amidine groups is 1. The molecule has 1 amide bonds. The number of nitrogens with one attached hydrogen (secondary N) is 1. The van der Waals surface area contributed by atoms with Gasteiger partial charge in [-0.05, 0) is 37.7 Å². The van der Waals surface area contributed by atoms with Crippen molar-refractivity contribution in [3.63, 3.8) is 0 Å². The Morgan fingerprint density at radius 1 is 1.39 bits per heavy atom. The highest BCUT2D eigenvalue weighted by atomic mass is 32.2. The van der Waals surface area contributed by atoms with Gasteiger partial charge in [-0.1, -0.05) is 54.2 Å². The van der Waals surface area contributed by atoms with Crippen LogP contribution in [0.3, 0.4) is 0 Å². The highest BCUT2D eigenvalue weighted by molar-refractivity contribution is 8.16. The summed E-state index contributed by atoms with van der Waals surface area (Å²) in [7, 11) is 0. The molecule has 174 valence electrons. The summed E-state index contributed by atoms with van der Waals surface area (Å²) in [4.78, 5) is 32.5. The van der Waals surface area contributed by atoms with Crippen molar-refractivity contribution < 1.29 is 19.1 Å². The third kappa shape index (κ3) is 5.23. The maximum absolute atomic E-state index is 13.1. The minimum atomic E-state index is -0.430. The molecule has 1 N–H and O–H groups in total. The molecule has 0 spiro atoms. The van der Waals surface area contributed by atoms with E-state index in [-0.39, 0.29) is 25.0 Å². The molecule has 0 unspecified atom stereocenters. The molecule has 0 aromatic heterocycles. The number of ether oxygens (including phenoxy) is 2. The Morgan fingerprint density at radius 3 is 2.97 bits per heavy atom. The summed E-state index contributed by atoms with van der Waals surface area (Å²) in [5, 5.41) is 5.68. The van der Waals surface area contributed by atoms with Crippen LogP contribution < -0.4 is 5.32 Å². The van der Waals surface area contributed by atoms with Gasteiger partial charge >= 0.3 is 5.97 Å². The summed E-state index contributed by atoms with van der Waals surface area (Å²) in [6.07, 6.45) is 3.82. The predicted octanol–water partition coefficient (Wildman–Crippen LogP) is 3.98. The second kappa shape index (κ2) is 10.4. The molecule has 3 aliphatic heterocycles. The van der Waals surface area contributed by atoms with Gasteiger partial charge in [0.15, 0.2) is 5.17 Å². The molecule has 1 aromatic rings. The van der Waals surface area contributed by atoms with Crippen molar-refractivity contribution in [3.05, 3.63) is 70.4 Å². The molecule has 2 atom stereocenters. The standard InChI is InChI=1S/C25H29N3O4S/c1-4-10-32-24(30)22-17(3)27-25-28(23(22)18-8-5-7-16(2)12-18)19(15-33-25)13-21(29)26-14-20-9-6-11-31-20/h4-5,7-8,12,15,20,23H,1,6,9-11,13-14H2,2-3H3,(H,26,29)/t20-,23+/m0/s1. The zero-order valence-electron chi connectivity index (χ0n) is 19.0. The van der Waals surface area contributed by atoms with E-state index >= 15 is 0 Å². The van der Waals surface area contributed by atoms with Crippen LogP contribution >= 0.6 is 11.8 Å². The quantitative estimate of drug-likeness (QED) is 0.460. The number of amides is 1. The second-order valence-corrected chi connectivity index (χ2v) is 9.15. The maximum Gasteiger partial charge on any atom is 0.338 e. The zero-order chi connectivity index (χ0) is 23.4. The highest BCUT2D eigenvalue weighted by Gasteiger charge is 2.41. The minimum Gasteiger partial charge on any atom is -0.458 e. The van der Waals surface area contributed by atoms with Gasteiger partial charge in [0.2, 0.25) is 5.91 Å². The Kier molecular flexibility index (Phi) is 7.35. The lowest BCUT2D eigenvalue weighted by Crippen LogP contribution is -2.38. The molecule has 1 aromatic carbocycles. The number of thioether (sulfide) groups is 1. The van der Waals surface area contributed by atoms with Crippen molar-refractivity contribution in [2.24, 2.45) is 4.99 Å². The number of aryl methyl sites for hydroxylation is 1. The van der Waals surface area contributed by atoms with Gasteiger partial charge in [0.05, 0.1) is 29.8 Å². The first-order valence-corrected chi connectivity index (χ1v) is 12.0. The monoisotopic (exact) mass is 467 g/mol. The van der Waals surface area contributed by atoms with Gasteiger partial charge in [0, 0.05) is 18.8 Å². The summed E-state index contributed by atoms with van der Waals surface area (Å²) >= 11 is 1.46. The molecule has 0 bridgehead atoms. The summed E-state index contributed by atoms with van der Waals surface area (Å²) in [5.74, 6) is -0.510. The SMILES string of the molecule is C=CCOC(=O)C1=C(C)N=C2SC=C(CC(=O)NC[C@@H]3CCCO3)N2[C@@H]1c1cccc(C)c1. The molecule has 0 aliphatic carbocycles. The van der Waals surface area contributed by atoms with Gasteiger partial charge in [-0.3, -0.25) is 4.79 Å². The van der Waals surface area contributed by atoms with Crippen LogP contribution in [0.5, 0.6) is 0 Å². The lowest BCUT2D eigenvalue weighted by Gasteiger charge is -2.36. The summed E-state index contributed by atoms with van der Waals surface area (Å²) in [6, 6.07) is 7.61. The number of rotatable bonds is 8. The van der Waals surface area contributed by atoms with Gasteiger partial charge in [-0.15, -0.1) is 0 Å². The largest absolute Gasteiger partial charge is 0.458 e. The summed E-state index contributed by atoms with van der Waals surface area (Å²) in [5.41, 5.74) is 3.92. The van der Waals surface area contributed by atoms with E-state index in [1.54, 1.807) is 6.08 Å². The molecule has 8 heteroatoms. The molecule has 3 aliphatic rings. The third-order valence-corrected chi connectivity index (χ3v) is 6.69. The Hall–Kier alpha value is -2.84. The Labute approximate surface area is 198 Å². The van der Waals surface area contributed by atoms with E-state index in [0.717, 1.165) is 41.4 Å². The van der Waals surface area contributed by atoms with Crippen molar-refractivity contribution in [1.29, 1.82) is 0 Å². The first-order valence-electron chi connectivity index (χ1n) is 11.1. The fourth-order valence-corrected chi connectivity index (χ4v) is 5.22. The van der Waals surface area contributed by atoms with Crippen LogP contribution in [-0.4, -0.2) is 47.8 Å². The number of benzene rings is 1. The van der Waals surface area contributed by atoms with Crippen molar-refractivity contribution in [2.45, 2.75) is 45.3 Å². The summed E-state index contributed by atoms with van der Waals surface area (Å²) in [6.45, 7) is 8.86. The van der Waals surface area contributed by atoms with Crippen LogP contribution in [0.25, 0.3) is 0 Å². The van der Waals surface area contributed by atoms with Gasteiger partial charge in [0.1, 0.15) is 6.61 Å². The van der Waals surface area contributed by atoms with Gasteiger partial charge < -0.3 is 19.7 Å². The number of hydrogen-bond acceptors (Lipinski definition) is 7. The van der Waals surface area contributed by atoms with Crippen LogP contribution in [0.2, 0.25) is 0 Å². The molecule has 33 heavy (non-hydrogen) atoms. The number of carbonyl (C=O) groups excluding carboxylic acids is 2. The van der Waals surface area contributed by atoms with Crippen LogP contribution in [0.4, 0.5) is 0 Å². The normalized spacial score (nSPS) is 21.9. The Balaban J connectivity index is 1.60. The van der Waals surface area contributed by atoms with Gasteiger partial charge in [0.25, 0.3) is 0 Å². The molecule has 7 nitrogen and oxygen atoms in total. The van der Waals surface area contributed by atoms with Crippen molar-refractivity contribution in [1.82, 2.24) is 10.2 Å². The van der Waals surface area contributed by atoms with E-state index in [4.69, 9.17) is 9.47 Å². The lowest BCUT2D eigenvalue weighted by atomic mass is 9.93. The summed E-state index contributed by atoms with van der Waals surface area (Å²) < 4.78 is 11.0. The van der Waals surface area contributed by atoms with Gasteiger partial charge in [-0.2, -0.15) is 0 Å². The fraction of sp³-hybridized carbons (Fsp3) is 0.400. The van der Waals surface area contributed by atoms with Crippen LogP contribution in [0, 0.1) is 6.92 Å². The average molecular weight is 468 g/mol. The first kappa shape index (κ1) is 23.3. The minimum absolute atomic E-state index is 0.0800. The molecule has 0 radical (unpaired) electrons. The number of fused-ring (bicyclic) bond motifs is 1. The Morgan fingerprint density at radius 2 is 2.24 bits per heavy atom. The van der Waals surface area contributed by atoms with E-state index in [2.05, 4.69) is 23.0 Å². The molecule has 1 fully saturated rings.